The summed E-state index contributed by atoms with van der Waals surface area (Å²) < 4.78 is 1.78. The second-order valence-corrected chi connectivity index (χ2v) is 6.73. The number of anilines is 1. The van der Waals surface area contributed by atoms with Crippen molar-refractivity contribution in [3.63, 3.8) is 0 Å². The van der Waals surface area contributed by atoms with E-state index >= 15 is 0 Å². The van der Waals surface area contributed by atoms with Gasteiger partial charge in [0.25, 0.3) is 0 Å². The van der Waals surface area contributed by atoms with E-state index in [4.69, 9.17) is 5.26 Å². The molecule has 0 aliphatic carbocycles. The molecule has 2 aromatic carbocycles. The van der Waals surface area contributed by atoms with Crippen molar-refractivity contribution in [2.24, 2.45) is 0 Å². The van der Waals surface area contributed by atoms with Gasteiger partial charge in [-0.05, 0) is 35.9 Å². The molecule has 130 valence electrons. The molecule has 0 saturated carbocycles. The normalized spacial score (nSPS) is 10.3. The molecule has 0 unspecified atom stereocenters. The summed E-state index contributed by atoms with van der Waals surface area (Å²) in [6, 6.07) is 19.4. The average Bonchev–Trinajstić information content (AvgIpc) is 3.19. The number of hydrogen-bond acceptors (Lipinski definition) is 4. The standard InChI is InChI=1S/C20H18N4OS/c21-11-3-14-26-19-6-2-1-5-18(19)23-20(25)15-16-7-9-17(10-8-16)24-13-4-12-22-24/h1-2,4-10,12-13H,3,14-15H2,(H,23,25). The summed E-state index contributed by atoms with van der Waals surface area (Å²) in [6.07, 6.45) is 4.39. The molecule has 3 rings (SSSR count). The molecule has 5 nitrogen and oxygen atoms in total. The number of hydrogen-bond donors (Lipinski definition) is 1. The Morgan fingerprint density at radius 1 is 1.15 bits per heavy atom. The molecule has 6 heteroatoms. The predicted octanol–water partition coefficient (Wildman–Crippen LogP) is 4.06. The van der Waals surface area contributed by atoms with Gasteiger partial charge < -0.3 is 5.32 Å². The molecule has 1 N–H and O–H groups in total. The first-order valence-electron chi connectivity index (χ1n) is 8.24. The Balaban J connectivity index is 1.61. The topological polar surface area (TPSA) is 70.7 Å². The summed E-state index contributed by atoms with van der Waals surface area (Å²) in [7, 11) is 0. The van der Waals surface area contributed by atoms with Crippen LogP contribution in [0.2, 0.25) is 0 Å². The molecule has 0 spiro atoms. The van der Waals surface area contributed by atoms with Gasteiger partial charge in [-0.25, -0.2) is 4.68 Å². The summed E-state index contributed by atoms with van der Waals surface area (Å²) in [4.78, 5) is 13.4. The number of benzene rings is 2. The molecule has 1 amide bonds. The maximum absolute atomic E-state index is 12.4. The zero-order valence-electron chi connectivity index (χ0n) is 14.1. The summed E-state index contributed by atoms with van der Waals surface area (Å²) >= 11 is 1.57. The Labute approximate surface area is 156 Å². The lowest BCUT2D eigenvalue weighted by Gasteiger charge is -2.10. The van der Waals surface area contributed by atoms with Crippen LogP contribution in [0.5, 0.6) is 0 Å². The van der Waals surface area contributed by atoms with Crippen molar-refractivity contribution in [3.8, 4) is 11.8 Å². The van der Waals surface area contributed by atoms with Gasteiger partial charge in [0.15, 0.2) is 0 Å². The van der Waals surface area contributed by atoms with Gasteiger partial charge in [-0.2, -0.15) is 10.4 Å². The third-order valence-electron chi connectivity index (χ3n) is 3.70. The first-order valence-corrected chi connectivity index (χ1v) is 9.22. The van der Waals surface area contributed by atoms with E-state index in [2.05, 4.69) is 16.5 Å². The molecule has 1 heterocycles. The van der Waals surface area contributed by atoms with Crippen LogP contribution in [0.3, 0.4) is 0 Å². The summed E-state index contributed by atoms with van der Waals surface area (Å²) in [6.45, 7) is 0. The minimum absolute atomic E-state index is 0.0647. The van der Waals surface area contributed by atoms with Gasteiger partial charge >= 0.3 is 0 Å². The van der Waals surface area contributed by atoms with E-state index in [0.717, 1.165) is 21.8 Å². The average molecular weight is 362 g/mol. The minimum Gasteiger partial charge on any atom is -0.325 e. The van der Waals surface area contributed by atoms with Crippen molar-refractivity contribution in [1.29, 1.82) is 5.26 Å². The van der Waals surface area contributed by atoms with Crippen LogP contribution in [-0.4, -0.2) is 21.4 Å². The van der Waals surface area contributed by atoms with Gasteiger partial charge in [0.2, 0.25) is 5.91 Å². The zero-order valence-corrected chi connectivity index (χ0v) is 14.9. The van der Waals surface area contributed by atoms with E-state index in [1.807, 2.05) is 60.8 Å². The number of para-hydroxylation sites is 1. The van der Waals surface area contributed by atoms with Crippen LogP contribution in [0, 0.1) is 11.3 Å². The lowest BCUT2D eigenvalue weighted by Crippen LogP contribution is -2.15. The third-order valence-corrected chi connectivity index (χ3v) is 4.78. The van der Waals surface area contributed by atoms with Crippen LogP contribution in [0.1, 0.15) is 12.0 Å². The number of nitrogens with zero attached hydrogens (tertiary/aromatic N) is 3. The molecule has 26 heavy (non-hydrogen) atoms. The number of carbonyl (C=O) groups is 1. The van der Waals surface area contributed by atoms with Gasteiger partial charge in [-0.15, -0.1) is 11.8 Å². The Morgan fingerprint density at radius 3 is 2.69 bits per heavy atom. The van der Waals surface area contributed by atoms with Gasteiger partial charge in [0.1, 0.15) is 0 Å². The monoisotopic (exact) mass is 362 g/mol. The fourth-order valence-electron chi connectivity index (χ4n) is 2.47. The van der Waals surface area contributed by atoms with Crippen molar-refractivity contribution < 1.29 is 4.79 Å². The quantitative estimate of drug-likeness (QED) is 0.508. The van der Waals surface area contributed by atoms with Gasteiger partial charge in [-0.3, -0.25) is 4.79 Å². The van der Waals surface area contributed by atoms with Crippen molar-refractivity contribution in [3.05, 3.63) is 72.6 Å². The Kier molecular flexibility index (Phi) is 6.07. The molecule has 3 aromatic rings. The van der Waals surface area contributed by atoms with Crippen LogP contribution in [0.4, 0.5) is 5.69 Å². The molecular weight excluding hydrogens is 344 g/mol. The lowest BCUT2D eigenvalue weighted by atomic mass is 10.1. The van der Waals surface area contributed by atoms with E-state index in [9.17, 15) is 4.79 Å². The molecule has 1 aromatic heterocycles. The molecule has 0 saturated heterocycles. The van der Waals surface area contributed by atoms with E-state index in [1.165, 1.54) is 0 Å². The first-order chi connectivity index (χ1) is 12.8. The van der Waals surface area contributed by atoms with Crippen LogP contribution < -0.4 is 5.32 Å². The van der Waals surface area contributed by atoms with Gasteiger partial charge in [-0.1, -0.05) is 24.3 Å². The highest BCUT2D eigenvalue weighted by Gasteiger charge is 2.08. The van der Waals surface area contributed by atoms with Crippen molar-refractivity contribution in [2.75, 3.05) is 11.1 Å². The minimum atomic E-state index is -0.0647. The number of nitriles is 1. The second-order valence-electron chi connectivity index (χ2n) is 5.59. The predicted molar refractivity (Wildman–Crippen MR) is 103 cm³/mol. The highest BCUT2D eigenvalue weighted by molar-refractivity contribution is 7.99. The van der Waals surface area contributed by atoms with E-state index < -0.39 is 0 Å². The second kappa shape index (κ2) is 8.88. The van der Waals surface area contributed by atoms with E-state index in [0.29, 0.717) is 18.6 Å². The van der Waals surface area contributed by atoms with Crippen LogP contribution >= 0.6 is 11.8 Å². The molecule has 0 fully saturated rings. The lowest BCUT2D eigenvalue weighted by molar-refractivity contribution is -0.115. The number of nitrogens with one attached hydrogen (secondary N) is 1. The summed E-state index contributed by atoms with van der Waals surface area (Å²) in [5.74, 6) is 0.642. The largest absolute Gasteiger partial charge is 0.325 e. The molecule has 0 aliphatic heterocycles. The van der Waals surface area contributed by atoms with Crippen molar-refractivity contribution in [1.82, 2.24) is 9.78 Å². The van der Waals surface area contributed by atoms with Crippen LogP contribution in [-0.2, 0) is 11.2 Å². The number of amides is 1. The molecule has 0 radical (unpaired) electrons. The molecular formula is C20H18N4OS. The fourth-order valence-corrected chi connectivity index (χ4v) is 3.33. The number of aromatic nitrogens is 2. The number of thioether (sulfide) groups is 1. The smallest absolute Gasteiger partial charge is 0.228 e. The maximum atomic E-state index is 12.4. The Morgan fingerprint density at radius 2 is 1.96 bits per heavy atom. The Bertz CT molecular complexity index is 898. The number of rotatable bonds is 7. The van der Waals surface area contributed by atoms with E-state index in [1.54, 1.807) is 22.6 Å². The van der Waals surface area contributed by atoms with Crippen molar-refractivity contribution >= 4 is 23.4 Å². The highest BCUT2D eigenvalue weighted by atomic mass is 32.2. The van der Waals surface area contributed by atoms with Crippen molar-refractivity contribution in [2.45, 2.75) is 17.7 Å². The SMILES string of the molecule is N#CCCSc1ccccc1NC(=O)Cc1ccc(-n2cccn2)cc1. The van der Waals surface area contributed by atoms with Gasteiger partial charge in [0.05, 0.1) is 23.9 Å². The maximum Gasteiger partial charge on any atom is 0.228 e. The fraction of sp³-hybridized carbons (Fsp3) is 0.150. The zero-order chi connectivity index (χ0) is 18.2. The van der Waals surface area contributed by atoms with E-state index in [-0.39, 0.29) is 5.91 Å². The van der Waals surface area contributed by atoms with Crippen LogP contribution in [0.25, 0.3) is 5.69 Å². The molecule has 0 atom stereocenters. The third kappa shape index (κ3) is 4.74. The number of carbonyl (C=O) groups excluding carboxylic acids is 1. The highest BCUT2D eigenvalue weighted by Crippen LogP contribution is 2.27. The summed E-state index contributed by atoms with van der Waals surface area (Å²) in [5.41, 5.74) is 2.68. The summed E-state index contributed by atoms with van der Waals surface area (Å²) in [5, 5.41) is 15.8. The van der Waals surface area contributed by atoms with Gasteiger partial charge in [0, 0.05) is 29.5 Å². The first kappa shape index (κ1) is 17.8. The van der Waals surface area contributed by atoms with Crippen LogP contribution in [0.15, 0.2) is 71.9 Å². The molecule has 0 aliphatic rings. The molecule has 0 bridgehead atoms. The Hall–Kier alpha value is -3.04.